The van der Waals surface area contributed by atoms with Crippen LogP contribution in [0.1, 0.15) is 79.2 Å². The van der Waals surface area contributed by atoms with Gasteiger partial charge in [-0.3, -0.25) is 14.5 Å². The number of amides is 2. The van der Waals surface area contributed by atoms with E-state index in [2.05, 4.69) is 5.32 Å². The van der Waals surface area contributed by atoms with Crippen molar-refractivity contribution in [2.24, 2.45) is 10.7 Å². The number of alkyl halides is 2. The van der Waals surface area contributed by atoms with Gasteiger partial charge in [-0.05, 0) is 43.5 Å². The van der Waals surface area contributed by atoms with Crippen LogP contribution in [-0.2, 0) is 20.2 Å². The van der Waals surface area contributed by atoms with Crippen LogP contribution >= 0.6 is 0 Å². The van der Waals surface area contributed by atoms with Crippen LogP contribution in [0.3, 0.4) is 0 Å². The van der Waals surface area contributed by atoms with E-state index in [0.29, 0.717) is 29.7 Å². The van der Waals surface area contributed by atoms with E-state index in [1.165, 1.54) is 31.3 Å². The lowest BCUT2D eigenvalue weighted by atomic mass is 9.85. The first-order chi connectivity index (χ1) is 19.4. The van der Waals surface area contributed by atoms with Gasteiger partial charge in [0.15, 0.2) is 11.6 Å². The molecular weight excluding hydrogens is 534 g/mol. The second-order valence-electron chi connectivity index (χ2n) is 11.2. The molecule has 2 aromatic rings. The maximum Gasteiger partial charge on any atom is 0.301 e. The number of carbonyl (C=O) groups excluding carboxylic acids is 2. The maximum absolute atomic E-state index is 15.1. The zero-order chi connectivity index (χ0) is 29.7. The molecule has 1 aliphatic carbocycles. The second kappa shape index (κ2) is 10.4. The molecule has 0 saturated carbocycles. The number of nitrogens with one attached hydrogen (secondary N) is 1. The van der Waals surface area contributed by atoms with Gasteiger partial charge in [0.05, 0.1) is 24.6 Å². The monoisotopic (exact) mass is 570 g/mol. The molecule has 2 amide bonds. The summed E-state index contributed by atoms with van der Waals surface area (Å²) >= 11 is 0. The van der Waals surface area contributed by atoms with Crippen LogP contribution in [0.2, 0.25) is 0 Å². The highest BCUT2D eigenvalue weighted by Crippen LogP contribution is 2.50. The van der Waals surface area contributed by atoms with Gasteiger partial charge in [0.25, 0.3) is 5.91 Å². The van der Waals surface area contributed by atoms with Crippen molar-refractivity contribution in [3.05, 3.63) is 64.7 Å². The van der Waals surface area contributed by atoms with E-state index in [4.69, 9.17) is 24.9 Å². The first-order valence-corrected chi connectivity index (χ1v) is 13.8. The van der Waals surface area contributed by atoms with Crippen LogP contribution in [-0.4, -0.2) is 60.7 Å². The van der Waals surface area contributed by atoms with E-state index in [1.807, 2.05) is 20.8 Å². The Bertz CT molecular complexity index is 1390. The number of guanidine groups is 1. The summed E-state index contributed by atoms with van der Waals surface area (Å²) in [5.74, 6) is -3.51. The van der Waals surface area contributed by atoms with Crippen LogP contribution in [0.15, 0.2) is 47.5 Å². The van der Waals surface area contributed by atoms with Gasteiger partial charge >= 0.3 is 5.92 Å². The van der Waals surface area contributed by atoms with Crippen molar-refractivity contribution in [1.29, 1.82) is 0 Å². The Balaban J connectivity index is 1.51. The normalized spacial score (nSPS) is 27.6. The minimum atomic E-state index is -3.28. The minimum absolute atomic E-state index is 0.0799. The third-order valence-electron chi connectivity index (χ3n) is 8.70. The van der Waals surface area contributed by atoms with Crippen molar-refractivity contribution in [3.63, 3.8) is 0 Å². The maximum atomic E-state index is 15.1. The third-order valence-corrected chi connectivity index (χ3v) is 8.70. The predicted octanol–water partition coefficient (Wildman–Crippen LogP) is 4.22. The molecule has 0 radical (unpaired) electrons. The summed E-state index contributed by atoms with van der Waals surface area (Å²) < 4.78 is 47.2. The lowest BCUT2D eigenvalue weighted by molar-refractivity contribution is -0.135. The van der Waals surface area contributed by atoms with Crippen LogP contribution in [0.25, 0.3) is 0 Å². The lowest BCUT2D eigenvalue weighted by Gasteiger charge is -2.42. The number of rotatable bonds is 8. The average Bonchev–Trinajstić information content (AvgIpc) is 3.34. The molecule has 11 heteroatoms. The van der Waals surface area contributed by atoms with Crippen LogP contribution in [0.4, 0.5) is 8.78 Å². The van der Waals surface area contributed by atoms with Gasteiger partial charge in [-0.25, -0.2) is 4.99 Å². The molecule has 0 saturated heterocycles. The molecule has 5 rings (SSSR count). The number of carbonyl (C=O) groups is 2. The molecule has 0 spiro atoms. The molecule has 41 heavy (non-hydrogen) atoms. The highest BCUT2D eigenvalue weighted by Gasteiger charge is 2.56. The van der Waals surface area contributed by atoms with Crippen molar-refractivity contribution in [1.82, 2.24) is 10.2 Å². The molecule has 9 nitrogen and oxygen atoms in total. The number of methoxy groups -OCH3 is 2. The Morgan fingerprint density at radius 1 is 1.17 bits per heavy atom. The molecule has 0 fully saturated rings. The van der Waals surface area contributed by atoms with E-state index in [1.54, 1.807) is 30.3 Å². The smallest absolute Gasteiger partial charge is 0.301 e. The number of nitrogens with zero attached hydrogens (tertiary/aromatic N) is 2. The zero-order valence-electron chi connectivity index (χ0n) is 23.9. The van der Waals surface area contributed by atoms with Gasteiger partial charge in [0.1, 0.15) is 17.9 Å². The molecule has 0 aromatic heterocycles. The Morgan fingerprint density at radius 3 is 2.51 bits per heavy atom. The van der Waals surface area contributed by atoms with Crippen LogP contribution in [0.5, 0.6) is 5.75 Å². The molecule has 2 aromatic carbocycles. The summed E-state index contributed by atoms with van der Waals surface area (Å²) in [6, 6.07) is 9.07. The SMILES string of the molecule is CCC1(CC)CC(=O)N([C@H]2c3cc(C(=O)N[C@@H]4c5ccccc5C(F)(F)[C@H]4OC)ccc3O[C@@]2(C)COC)C(N)=N1. The van der Waals surface area contributed by atoms with Crippen molar-refractivity contribution in [3.8, 4) is 5.75 Å². The van der Waals surface area contributed by atoms with Crippen LogP contribution < -0.4 is 15.8 Å². The van der Waals surface area contributed by atoms with E-state index in [9.17, 15) is 9.59 Å². The highest BCUT2D eigenvalue weighted by atomic mass is 19.3. The summed E-state index contributed by atoms with van der Waals surface area (Å²) in [4.78, 5) is 33.3. The van der Waals surface area contributed by atoms with Crippen molar-refractivity contribution in [2.75, 3.05) is 20.8 Å². The summed E-state index contributed by atoms with van der Waals surface area (Å²) in [6.07, 6.45) is -0.0672. The standard InChI is InChI=1S/C30H36F2N4O5/c1-6-29(7-2)15-22(37)36(27(33)35-29)24-19-14-17(12-13-21(19)41-28(24,3)16-39-4)26(38)34-23-18-10-8-9-11-20(18)30(31,32)25(23)40-5/h8-14,23-25H,6-7,15-16H2,1-5H3,(H2,33,35)(H,34,38)/t23-,24+,25+,28+/m1/s1. The summed E-state index contributed by atoms with van der Waals surface area (Å²) in [5, 5.41) is 2.74. The molecule has 2 aliphatic heterocycles. The second-order valence-corrected chi connectivity index (χ2v) is 11.2. The van der Waals surface area contributed by atoms with E-state index in [-0.39, 0.29) is 36.0 Å². The molecule has 0 bridgehead atoms. The molecule has 4 atom stereocenters. The average molecular weight is 571 g/mol. The van der Waals surface area contributed by atoms with Gasteiger partial charge in [0.2, 0.25) is 5.91 Å². The molecular formula is C30H36F2N4O5. The van der Waals surface area contributed by atoms with Crippen molar-refractivity contribution in [2.45, 2.75) is 75.3 Å². The van der Waals surface area contributed by atoms with Gasteiger partial charge in [0, 0.05) is 30.9 Å². The Hall–Kier alpha value is -3.57. The van der Waals surface area contributed by atoms with Crippen molar-refractivity contribution < 1.29 is 32.6 Å². The number of benzene rings is 2. The first kappa shape index (κ1) is 28.9. The fourth-order valence-corrected chi connectivity index (χ4v) is 6.46. The Morgan fingerprint density at radius 2 is 1.88 bits per heavy atom. The third kappa shape index (κ3) is 4.55. The van der Waals surface area contributed by atoms with Gasteiger partial charge in [-0.2, -0.15) is 8.78 Å². The highest BCUT2D eigenvalue weighted by molar-refractivity contribution is 6.00. The van der Waals surface area contributed by atoms with E-state index < -0.39 is 41.2 Å². The number of hydrogen-bond acceptors (Lipinski definition) is 7. The van der Waals surface area contributed by atoms with Gasteiger partial charge < -0.3 is 25.3 Å². The fourth-order valence-electron chi connectivity index (χ4n) is 6.46. The molecule has 2 heterocycles. The van der Waals surface area contributed by atoms with E-state index in [0.717, 1.165) is 0 Å². The molecule has 3 N–H and O–H groups in total. The number of fused-ring (bicyclic) bond motifs is 2. The summed E-state index contributed by atoms with van der Waals surface area (Å²) in [7, 11) is 2.73. The number of nitrogens with two attached hydrogens (primary N) is 1. The first-order valence-electron chi connectivity index (χ1n) is 13.8. The lowest BCUT2D eigenvalue weighted by Crippen LogP contribution is -2.58. The van der Waals surface area contributed by atoms with Crippen molar-refractivity contribution >= 4 is 17.8 Å². The fraction of sp³-hybridized carbons (Fsp3) is 0.500. The number of ether oxygens (including phenoxy) is 3. The number of halogens is 2. The van der Waals surface area contributed by atoms with Gasteiger partial charge in [-0.1, -0.05) is 38.1 Å². The molecule has 3 aliphatic rings. The summed E-state index contributed by atoms with van der Waals surface area (Å²) in [6.45, 7) is 5.89. The largest absolute Gasteiger partial charge is 0.482 e. The molecule has 0 unspecified atom stereocenters. The Labute approximate surface area is 238 Å². The Kier molecular flexibility index (Phi) is 7.31. The van der Waals surface area contributed by atoms with E-state index >= 15 is 8.78 Å². The topological polar surface area (TPSA) is 115 Å². The zero-order valence-corrected chi connectivity index (χ0v) is 23.9. The minimum Gasteiger partial charge on any atom is -0.482 e. The van der Waals surface area contributed by atoms with Gasteiger partial charge in [-0.15, -0.1) is 0 Å². The summed E-state index contributed by atoms with van der Waals surface area (Å²) in [5.41, 5.74) is 5.72. The predicted molar refractivity (Wildman–Crippen MR) is 148 cm³/mol. The van der Waals surface area contributed by atoms with Crippen LogP contribution in [0, 0.1) is 0 Å². The number of hydrogen-bond donors (Lipinski definition) is 2. The quantitative estimate of drug-likeness (QED) is 0.491. The molecule has 220 valence electrons. The number of aliphatic imine (C=N–C) groups is 1.